The molecule has 1 aliphatic heterocycles. The van der Waals surface area contributed by atoms with Crippen molar-refractivity contribution in [2.24, 2.45) is 11.8 Å². The minimum absolute atomic E-state index is 0.000509. The normalized spacial score (nSPS) is 26.0. The van der Waals surface area contributed by atoms with Crippen LogP contribution in [0.1, 0.15) is 54.4 Å². The summed E-state index contributed by atoms with van der Waals surface area (Å²) in [5.74, 6) is 0.614. The molecular formula is C15H28N2O2. The zero-order valence-corrected chi connectivity index (χ0v) is 13.1. The second-order valence-electron chi connectivity index (χ2n) is 6.38. The highest BCUT2D eigenvalue weighted by molar-refractivity contribution is 5.97. The molecule has 1 aliphatic rings. The van der Waals surface area contributed by atoms with Gasteiger partial charge in [-0.25, -0.2) is 0 Å². The van der Waals surface area contributed by atoms with Gasteiger partial charge in [-0.15, -0.1) is 0 Å². The average Bonchev–Trinajstić information content (AvgIpc) is 2.30. The van der Waals surface area contributed by atoms with Crippen molar-refractivity contribution in [3.05, 3.63) is 0 Å². The van der Waals surface area contributed by atoms with Crippen LogP contribution in [0.3, 0.4) is 0 Å². The Morgan fingerprint density at radius 1 is 1.16 bits per heavy atom. The summed E-state index contributed by atoms with van der Waals surface area (Å²) >= 11 is 0. The van der Waals surface area contributed by atoms with Crippen LogP contribution in [0.15, 0.2) is 0 Å². The van der Waals surface area contributed by atoms with Gasteiger partial charge in [0.15, 0.2) is 0 Å². The number of amides is 2. The van der Waals surface area contributed by atoms with Crippen molar-refractivity contribution >= 4 is 11.8 Å². The maximum atomic E-state index is 12.6. The number of carbonyl (C=O) groups excluding carboxylic acids is 2. The largest absolute Gasteiger partial charge is 0.342 e. The van der Waals surface area contributed by atoms with E-state index in [0.29, 0.717) is 12.3 Å². The average molecular weight is 268 g/mol. The van der Waals surface area contributed by atoms with Crippen molar-refractivity contribution in [3.63, 3.8) is 0 Å². The third kappa shape index (κ3) is 3.48. The number of rotatable bonds is 5. The summed E-state index contributed by atoms with van der Waals surface area (Å²) in [5, 5.41) is 2.91. The van der Waals surface area contributed by atoms with Gasteiger partial charge in [0.1, 0.15) is 12.1 Å². The second kappa shape index (κ2) is 6.40. The van der Waals surface area contributed by atoms with Gasteiger partial charge in [0.05, 0.1) is 0 Å². The second-order valence-corrected chi connectivity index (χ2v) is 6.38. The van der Waals surface area contributed by atoms with Gasteiger partial charge in [-0.1, -0.05) is 34.6 Å². The third-order valence-electron chi connectivity index (χ3n) is 3.84. The van der Waals surface area contributed by atoms with E-state index in [1.54, 1.807) is 0 Å². The number of carbonyl (C=O) groups is 2. The molecule has 0 saturated carbocycles. The molecule has 1 fully saturated rings. The molecule has 1 heterocycles. The summed E-state index contributed by atoms with van der Waals surface area (Å²) in [6.45, 7) is 12.2. The fraction of sp³-hybridized carbons (Fsp3) is 0.867. The Morgan fingerprint density at radius 3 is 2.16 bits per heavy atom. The first-order valence-corrected chi connectivity index (χ1v) is 7.42. The molecule has 0 aromatic rings. The van der Waals surface area contributed by atoms with Crippen LogP contribution in [0.25, 0.3) is 0 Å². The minimum Gasteiger partial charge on any atom is -0.342 e. The van der Waals surface area contributed by atoms with Gasteiger partial charge in [0.2, 0.25) is 11.8 Å². The molecule has 4 heteroatoms. The third-order valence-corrected chi connectivity index (χ3v) is 3.84. The van der Waals surface area contributed by atoms with E-state index in [4.69, 9.17) is 0 Å². The van der Waals surface area contributed by atoms with Gasteiger partial charge in [0, 0.05) is 6.04 Å². The maximum Gasteiger partial charge on any atom is 0.246 e. The maximum absolute atomic E-state index is 12.6. The summed E-state index contributed by atoms with van der Waals surface area (Å²) in [6, 6.07) is -0.567. The highest BCUT2D eigenvalue weighted by atomic mass is 16.2. The fourth-order valence-electron chi connectivity index (χ4n) is 2.71. The Morgan fingerprint density at radius 2 is 1.74 bits per heavy atom. The highest BCUT2D eigenvalue weighted by Gasteiger charge is 2.43. The van der Waals surface area contributed by atoms with E-state index in [2.05, 4.69) is 26.1 Å². The fourth-order valence-corrected chi connectivity index (χ4v) is 2.71. The standard InChI is InChI=1S/C15H28N2O2/c1-7-11(6)17-13(10(4)5)14(18)16-12(15(17)19)8-9(2)3/h9-13H,7-8H2,1-6H3,(H,16,18). The molecule has 0 aliphatic carbocycles. The number of hydrogen-bond acceptors (Lipinski definition) is 2. The molecule has 0 bridgehead atoms. The van der Waals surface area contributed by atoms with Gasteiger partial charge < -0.3 is 10.2 Å². The van der Waals surface area contributed by atoms with Crippen LogP contribution >= 0.6 is 0 Å². The summed E-state index contributed by atoms with van der Waals surface area (Å²) in [6.07, 6.45) is 1.58. The van der Waals surface area contributed by atoms with Crippen molar-refractivity contribution in [2.75, 3.05) is 0 Å². The van der Waals surface area contributed by atoms with Gasteiger partial charge >= 0.3 is 0 Å². The lowest BCUT2D eigenvalue weighted by Crippen LogP contribution is -2.66. The van der Waals surface area contributed by atoms with Crippen molar-refractivity contribution in [3.8, 4) is 0 Å². The van der Waals surface area contributed by atoms with Crippen molar-refractivity contribution < 1.29 is 9.59 Å². The van der Waals surface area contributed by atoms with Crippen molar-refractivity contribution in [1.29, 1.82) is 0 Å². The molecule has 1 rings (SSSR count). The molecular weight excluding hydrogens is 240 g/mol. The molecule has 0 radical (unpaired) electrons. The monoisotopic (exact) mass is 268 g/mol. The van der Waals surface area contributed by atoms with E-state index < -0.39 is 0 Å². The Bertz CT molecular complexity index is 339. The van der Waals surface area contributed by atoms with Gasteiger partial charge in [-0.05, 0) is 31.6 Å². The topological polar surface area (TPSA) is 49.4 Å². The molecule has 110 valence electrons. The Labute approximate surface area is 116 Å². The first-order chi connectivity index (χ1) is 8.79. The van der Waals surface area contributed by atoms with Crippen LogP contribution in [0, 0.1) is 11.8 Å². The molecule has 0 aromatic heterocycles. The molecule has 1 N–H and O–H groups in total. The molecule has 0 spiro atoms. The van der Waals surface area contributed by atoms with Gasteiger partial charge in [-0.2, -0.15) is 0 Å². The molecule has 19 heavy (non-hydrogen) atoms. The number of nitrogens with zero attached hydrogens (tertiary/aromatic N) is 1. The number of hydrogen-bond donors (Lipinski definition) is 1. The van der Waals surface area contributed by atoms with Crippen LogP contribution in [0.4, 0.5) is 0 Å². The number of nitrogens with one attached hydrogen (secondary N) is 1. The predicted molar refractivity (Wildman–Crippen MR) is 76.6 cm³/mol. The van der Waals surface area contributed by atoms with Gasteiger partial charge in [0.25, 0.3) is 0 Å². The van der Waals surface area contributed by atoms with Gasteiger partial charge in [-0.3, -0.25) is 9.59 Å². The minimum atomic E-state index is -0.350. The van der Waals surface area contributed by atoms with Crippen LogP contribution in [-0.2, 0) is 9.59 Å². The Hall–Kier alpha value is -1.06. The number of piperazine rings is 1. The lowest BCUT2D eigenvalue weighted by molar-refractivity contribution is -0.154. The Kier molecular flexibility index (Phi) is 5.39. The molecule has 0 aromatic carbocycles. The molecule has 1 saturated heterocycles. The summed E-state index contributed by atoms with van der Waals surface area (Å²) in [5.41, 5.74) is 0. The van der Waals surface area contributed by atoms with E-state index >= 15 is 0 Å². The van der Waals surface area contributed by atoms with Crippen LogP contribution < -0.4 is 5.32 Å². The van der Waals surface area contributed by atoms with E-state index in [0.717, 1.165) is 6.42 Å². The lowest BCUT2D eigenvalue weighted by atomic mass is 9.92. The van der Waals surface area contributed by atoms with Crippen LogP contribution in [0.5, 0.6) is 0 Å². The van der Waals surface area contributed by atoms with E-state index in [1.807, 2.05) is 25.7 Å². The molecule has 2 amide bonds. The highest BCUT2D eigenvalue weighted by Crippen LogP contribution is 2.23. The van der Waals surface area contributed by atoms with E-state index in [9.17, 15) is 9.59 Å². The summed E-state index contributed by atoms with van der Waals surface area (Å²) in [7, 11) is 0. The summed E-state index contributed by atoms with van der Waals surface area (Å²) in [4.78, 5) is 26.7. The quantitative estimate of drug-likeness (QED) is 0.831. The van der Waals surface area contributed by atoms with E-state index in [1.165, 1.54) is 0 Å². The smallest absolute Gasteiger partial charge is 0.246 e. The molecule has 3 atom stereocenters. The first-order valence-electron chi connectivity index (χ1n) is 7.42. The zero-order chi connectivity index (χ0) is 14.7. The van der Waals surface area contributed by atoms with E-state index in [-0.39, 0.29) is 35.9 Å². The Balaban J connectivity index is 3.01. The van der Waals surface area contributed by atoms with Crippen LogP contribution in [-0.4, -0.2) is 34.8 Å². The van der Waals surface area contributed by atoms with Crippen LogP contribution in [0.2, 0.25) is 0 Å². The lowest BCUT2D eigenvalue weighted by Gasteiger charge is -2.44. The van der Waals surface area contributed by atoms with Crippen molar-refractivity contribution in [1.82, 2.24) is 10.2 Å². The molecule has 4 nitrogen and oxygen atoms in total. The summed E-state index contributed by atoms with van der Waals surface area (Å²) < 4.78 is 0. The molecule has 3 unspecified atom stereocenters. The zero-order valence-electron chi connectivity index (χ0n) is 13.1. The predicted octanol–water partition coefficient (Wildman–Crippen LogP) is 2.18. The van der Waals surface area contributed by atoms with Crippen molar-refractivity contribution in [2.45, 2.75) is 72.5 Å². The SMILES string of the molecule is CCC(C)N1C(=O)C(CC(C)C)NC(=O)C1C(C)C. The first kappa shape index (κ1) is 16.0.